The predicted molar refractivity (Wildman–Crippen MR) is 81.2 cm³/mol. The van der Waals surface area contributed by atoms with Gasteiger partial charge in [-0.3, -0.25) is 9.59 Å². The van der Waals surface area contributed by atoms with Gasteiger partial charge in [-0.05, 0) is 43.4 Å². The fourth-order valence-electron chi connectivity index (χ4n) is 2.94. The number of benzene rings is 1. The topological polar surface area (TPSA) is 49.4 Å². The summed E-state index contributed by atoms with van der Waals surface area (Å²) in [6, 6.07) is 5.29. The van der Waals surface area contributed by atoms with Crippen LogP contribution in [-0.2, 0) is 16.1 Å². The van der Waals surface area contributed by atoms with E-state index in [9.17, 15) is 9.59 Å². The van der Waals surface area contributed by atoms with Gasteiger partial charge in [-0.1, -0.05) is 29.3 Å². The first-order valence-corrected chi connectivity index (χ1v) is 7.71. The van der Waals surface area contributed by atoms with Crippen LogP contribution in [0.2, 0.25) is 10.0 Å². The first-order valence-electron chi connectivity index (χ1n) is 6.95. The molecular formula is C15H16Cl2N2O2. The lowest BCUT2D eigenvalue weighted by atomic mass is 9.89. The number of hydrogen-bond donors (Lipinski definition) is 1. The van der Waals surface area contributed by atoms with Crippen LogP contribution in [0.25, 0.3) is 0 Å². The Morgan fingerprint density at radius 3 is 2.62 bits per heavy atom. The highest BCUT2D eigenvalue weighted by Crippen LogP contribution is 2.44. The van der Waals surface area contributed by atoms with Gasteiger partial charge >= 0.3 is 0 Å². The van der Waals surface area contributed by atoms with E-state index in [4.69, 9.17) is 23.2 Å². The molecule has 1 aromatic carbocycles. The van der Waals surface area contributed by atoms with E-state index in [2.05, 4.69) is 5.32 Å². The van der Waals surface area contributed by atoms with Gasteiger partial charge in [0.2, 0.25) is 11.8 Å². The summed E-state index contributed by atoms with van der Waals surface area (Å²) in [4.78, 5) is 26.3. The molecule has 6 heteroatoms. The van der Waals surface area contributed by atoms with Gasteiger partial charge < -0.3 is 10.2 Å². The van der Waals surface area contributed by atoms with Crippen LogP contribution >= 0.6 is 23.2 Å². The number of rotatable bonds is 3. The maximum atomic E-state index is 12.3. The van der Waals surface area contributed by atoms with E-state index < -0.39 is 5.54 Å². The number of carbonyl (C=O) groups is 2. The molecule has 1 aromatic rings. The third-order valence-corrected chi connectivity index (χ3v) is 5.16. The Morgan fingerprint density at radius 1 is 1.29 bits per heavy atom. The highest BCUT2D eigenvalue weighted by molar-refractivity contribution is 6.42. The van der Waals surface area contributed by atoms with E-state index in [1.807, 2.05) is 13.0 Å². The van der Waals surface area contributed by atoms with Crippen LogP contribution in [0.15, 0.2) is 18.2 Å². The molecule has 0 radical (unpaired) electrons. The van der Waals surface area contributed by atoms with Crippen molar-refractivity contribution < 1.29 is 9.59 Å². The Balaban J connectivity index is 1.91. The molecule has 1 atom stereocenters. The van der Waals surface area contributed by atoms with Crippen molar-refractivity contribution in [3.8, 4) is 0 Å². The lowest BCUT2D eigenvalue weighted by molar-refractivity contribution is -0.155. The second-order valence-corrected chi connectivity index (χ2v) is 6.65. The summed E-state index contributed by atoms with van der Waals surface area (Å²) in [6.07, 6.45) is 1.96. The van der Waals surface area contributed by atoms with Gasteiger partial charge in [0.15, 0.2) is 0 Å². The first kappa shape index (κ1) is 14.7. The Morgan fingerprint density at radius 2 is 2.00 bits per heavy atom. The van der Waals surface area contributed by atoms with Crippen molar-refractivity contribution in [3.63, 3.8) is 0 Å². The number of hydrogen-bond acceptors (Lipinski definition) is 2. The average Bonchev–Trinajstić information content (AvgIpc) is 3.28. The minimum atomic E-state index is -0.762. The fourth-order valence-corrected chi connectivity index (χ4v) is 3.26. The normalized spacial score (nSPS) is 26.0. The molecule has 21 heavy (non-hydrogen) atoms. The van der Waals surface area contributed by atoms with Crippen LogP contribution in [0.5, 0.6) is 0 Å². The summed E-state index contributed by atoms with van der Waals surface area (Å²) in [5, 5.41) is 3.64. The van der Waals surface area contributed by atoms with Gasteiger partial charge in [0, 0.05) is 6.54 Å². The number of carbonyl (C=O) groups excluding carboxylic acids is 2. The largest absolute Gasteiger partial charge is 0.345 e. The molecule has 1 saturated heterocycles. The SMILES string of the molecule is CC1(C2CC2)C(=O)NCC(=O)N1Cc1ccc(Cl)c(Cl)c1. The van der Waals surface area contributed by atoms with Crippen LogP contribution in [0.4, 0.5) is 0 Å². The van der Waals surface area contributed by atoms with Crippen molar-refractivity contribution in [2.45, 2.75) is 31.8 Å². The molecule has 2 aliphatic rings. The zero-order chi connectivity index (χ0) is 15.2. The van der Waals surface area contributed by atoms with Crippen molar-refractivity contribution in [1.82, 2.24) is 10.2 Å². The molecular weight excluding hydrogens is 311 g/mol. The number of amides is 2. The summed E-state index contributed by atoms with van der Waals surface area (Å²) >= 11 is 11.9. The molecule has 1 aliphatic carbocycles. The molecule has 0 bridgehead atoms. The van der Waals surface area contributed by atoms with Gasteiger partial charge in [0.05, 0.1) is 16.6 Å². The van der Waals surface area contributed by atoms with E-state index in [0.29, 0.717) is 16.6 Å². The highest BCUT2D eigenvalue weighted by Gasteiger charge is 2.54. The Kier molecular flexibility index (Phi) is 3.62. The second kappa shape index (κ2) is 5.18. The van der Waals surface area contributed by atoms with Gasteiger partial charge in [-0.2, -0.15) is 0 Å². The van der Waals surface area contributed by atoms with E-state index >= 15 is 0 Å². The van der Waals surface area contributed by atoms with Crippen LogP contribution in [0.3, 0.4) is 0 Å². The molecule has 3 rings (SSSR count). The van der Waals surface area contributed by atoms with Gasteiger partial charge in [-0.25, -0.2) is 0 Å². The zero-order valence-corrected chi connectivity index (χ0v) is 13.2. The van der Waals surface area contributed by atoms with Gasteiger partial charge in [0.1, 0.15) is 5.54 Å². The van der Waals surface area contributed by atoms with Crippen molar-refractivity contribution >= 4 is 35.0 Å². The first-order chi connectivity index (χ1) is 9.92. The summed E-state index contributed by atoms with van der Waals surface area (Å²) < 4.78 is 0. The van der Waals surface area contributed by atoms with Crippen LogP contribution in [0.1, 0.15) is 25.3 Å². The van der Waals surface area contributed by atoms with Gasteiger partial charge in [-0.15, -0.1) is 0 Å². The van der Waals surface area contributed by atoms with E-state index in [0.717, 1.165) is 18.4 Å². The molecule has 2 fully saturated rings. The van der Waals surface area contributed by atoms with Crippen molar-refractivity contribution in [3.05, 3.63) is 33.8 Å². The van der Waals surface area contributed by atoms with Gasteiger partial charge in [0.25, 0.3) is 0 Å². The number of nitrogens with one attached hydrogen (secondary N) is 1. The minimum Gasteiger partial charge on any atom is -0.345 e. The van der Waals surface area contributed by atoms with Crippen molar-refractivity contribution in [2.24, 2.45) is 5.92 Å². The molecule has 112 valence electrons. The smallest absolute Gasteiger partial charge is 0.246 e. The Labute approximate surface area is 133 Å². The fraction of sp³-hybridized carbons (Fsp3) is 0.467. The third-order valence-electron chi connectivity index (χ3n) is 4.42. The van der Waals surface area contributed by atoms with E-state index in [1.54, 1.807) is 17.0 Å². The lowest BCUT2D eigenvalue weighted by Crippen LogP contribution is -2.66. The molecule has 1 heterocycles. The summed E-state index contributed by atoms with van der Waals surface area (Å²) in [5.74, 6) is 0.115. The standard InChI is InChI=1S/C15H16Cl2N2O2/c1-15(10-3-4-10)14(21)18-7-13(20)19(15)8-9-2-5-11(16)12(17)6-9/h2,5-6,10H,3-4,7-8H2,1H3,(H,18,21). The maximum absolute atomic E-state index is 12.3. The lowest BCUT2D eigenvalue weighted by Gasteiger charge is -2.44. The van der Waals surface area contributed by atoms with E-state index in [1.165, 1.54) is 0 Å². The van der Waals surface area contributed by atoms with Crippen molar-refractivity contribution in [1.29, 1.82) is 0 Å². The monoisotopic (exact) mass is 326 g/mol. The summed E-state index contributed by atoms with van der Waals surface area (Å²) in [5.41, 5.74) is 0.112. The molecule has 0 spiro atoms. The summed E-state index contributed by atoms with van der Waals surface area (Å²) in [6.45, 7) is 2.28. The molecule has 2 amide bonds. The highest BCUT2D eigenvalue weighted by atomic mass is 35.5. The van der Waals surface area contributed by atoms with Crippen molar-refractivity contribution in [2.75, 3.05) is 6.54 Å². The third kappa shape index (κ3) is 2.51. The van der Waals surface area contributed by atoms with Crippen LogP contribution in [0, 0.1) is 5.92 Å². The zero-order valence-electron chi connectivity index (χ0n) is 11.7. The average molecular weight is 327 g/mol. The molecule has 1 unspecified atom stereocenters. The van der Waals surface area contributed by atoms with E-state index in [-0.39, 0.29) is 24.3 Å². The van der Waals surface area contributed by atoms with Crippen LogP contribution < -0.4 is 5.32 Å². The number of halogens is 2. The summed E-state index contributed by atoms with van der Waals surface area (Å²) in [7, 11) is 0. The molecule has 0 aromatic heterocycles. The molecule has 1 saturated carbocycles. The molecule has 1 N–H and O–H groups in total. The predicted octanol–water partition coefficient (Wildman–Crippen LogP) is 2.62. The van der Waals surface area contributed by atoms with Crippen LogP contribution in [-0.4, -0.2) is 28.8 Å². The Bertz CT molecular complexity index is 616. The minimum absolute atomic E-state index is 0.0580. The molecule has 4 nitrogen and oxygen atoms in total. The Hall–Kier alpha value is -1.26. The number of piperazine rings is 1. The second-order valence-electron chi connectivity index (χ2n) is 5.83. The quantitative estimate of drug-likeness (QED) is 0.928. The number of nitrogens with zero attached hydrogens (tertiary/aromatic N) is 1. The molecule has 1 aliphatic heterocycles. The maximum Gasteiger partial charge on any atom is 0.246 e.